The first-order valence-corrected chi connectivity index (χ1v) is 10.3. The summed E-state index contributed by atoms with van der Waals surface area (Å²) in [7, 11) is 1.67. The number of likely N-dealkylation sites (tertiary alicyclic amines) is 1. The van der Waals surface area contributed by atoms with Gasteiger partial charge in [0.15, 0.2) is 0 Å². The van der Waals surface area contributed by atoms with Gasteiger partial charge in [-0.3, -0.25) is 4.79 Å². The maximum absolute atomic E-state index is 13.1. The predicted octanol–water partition coefficient (Wildman–Crippen LogP) is 4.55. The summed E-state index contributed by atoms with van der Waals surface area (Å²) < 4.78 is 5.27. The standard InChI is InChI=1S/C21H28N2O2S/c1-3-17-7-4-5-13-23(17)21(24)16-22(15-20-8-6-14-26-20)18-9-11-19(25-2)12-10-18/h6,8-12,14,17H,3-5,7,13,15-16H2,1-2H3. The van der Waals surface area contributed by atoms with Crippen LogP contribution in [0.3, 0.4) is 0 Å². The number of anilines is 1. The molecule has 1 fully saturated rings. The van der Waals surface area contributed by atoms with Crippen molar-refractivity contribution in [3.63, 3.8) is 0 Å². The van der Waals surface area contributed by atoms with Crippen LogP contribution in [0.25, 0.3) is 0 Å². The maximum Gasteiger partial charge on any atom is 0.242 e. The number of amides is 1. The van der Waals surface area contributed by atoms with E-state index in [0.717, 1.165) is 43.8 Å². The number of benzene rings is 1. The summed E-state index contributed by atoms with van der Waals surface area (Å²) in [5.74, 6) is 1.07. The molecule has 0 spiro atoms. The molecule has 1 unspecified atom stereocenters. The minimum Gasteiger partial charge on any atom is -0.497 e. The Hall–Kier alpha value is -2.01. The minimum atomic E-state index is 0.240. The molecule has 4 nitrogen and oxygen atoms in total. The van der Waals surface area contributed by atoms with Crippen molar-refractivity contribution in [2.24, 2.45) is 0 Å². The van der Waals surface area contributed by atoms with Crippen LogP contribution in [0.5, 0.6) is 5.75 Å². The molecular formula is C21H28N2O2S. The molecule has 2 aromatic rings. The van der Waals surface area contributed by atoms with Gasteiger partial charge < -0.3 is 14.5 Å². The fraction of sp³-hybridized carbons (Fsp3) is 0.476. The lowest BCUT2D eigenvalue weighted by molar-refractivity contribution is -0.133. The van der Waals surface area contributed by atoms with Crippen LogP contribution < -0.4 is 9.64 Å². The molecule has 26 heavy (non-hydrogen) atoms. The Morgan fingerprint density at radius 1 is 1.27 bits per heavy atom. The van der Waals surface area contributed by atoms with E-state index in [1.54, 1.807) is 18.4 Å². The van der Waals surface area contributed by atoms with Crippen LogP contribution in [0.1, 0.15) is 37.5 Å². The Morgan fingerprint density at radius 2 is 2.08 bits per heavy atom. The van der Waals surface area contributed by atoms with E-state index in [4.69, 9.17) is 4.74 Å². The smallest absolute Gasteiger partial charge is 0.242 e. The summed E-state index contributed by atoms with van der Waals surface area (Å²) in [4.78, 5) is 18.6. The zero-order chi connectivity index (χ0) is 18.4. The van der Waals surface area contributed by atoms with Gasteiger partial charge in [-0.25, -0.2) is 0 Å². The number of ether oxygens (including phenoxy) is 1. The van der Waals surface area contributed by atoms with Crippen LogP contribution in [-0.2, 0) is 11.3 Å². The first kappa shape index (κ1) is 18.8. The van der Waals surface area contributed by atoms with Gasteiger partial charge in [-0.15, -0.1) is 11.3 Å². The number of hydrogen-bond acceptors (Lipinski definition) is 4. The first-order valence-electron chi connectivity index (χ1n) is 9.42. The lowest BCUT2D eigenvalue weighted by atomic mass is 10.00. The van der Waals surface area contributed by atoms with Gasteiger partial charge in [0.1, 0.15) is 5.75 Å². The van der Waals surface area contributed by atoms with Gasteiger partial charge in [0, 0.05) is 23.2 Å². The average Bonchev–Trinajstić information content (AvgIpc) is 3.20. The van der Waals surface area contributed by atoms with Crippen LogP contribution in [0.4, 0.5) is 5.69 Å². The van der Waals surface area contributed by atoms with Gasteiger partial charge in [0.05, 0.1) is 20.2 Å². The number of carbonyl (C=O) groups excluding carboxylic acids is 1. The Balaban J connectivity index is 1.76. The molecule has 1 aliphatic heterocycles. The highest BCUT2D eigenvalue weighted by Gasteiger charge is 2.26. The number of hydrogen-bond donors (Lipinski definition) is 0. The molecule has 1 aromatic carbocycles. The van der Waals surface area contributed by atoms with Gasteiger partial charge in [-0.1, -0.05) is 13.0 Å². The van der Waals surface area contributed by atoms with Gasteiger partial charge in [0.25, 0.3) is 0 Å². The highest BCUT2D eigenvalue weighted by molar-refractivity contribution is 7.09. The third kappa shape index (κ3) is 4.58. The van der Waals surface area contributed by atoms with Crippen molar-refractivity contribution in [2.45, 2.75) is 45.2 Å². The summed E-state index contributed by atoms with van der Waals surface area (Å²) >= 11 is 1.73. The van der Waals surface area contributed by atoms with E-state index in [1.165, 1.54) is 11.3 Å². The maximum atomic E-state index is 13.1. The minimum absolute atomic E-state index is 0.240. The Labute approximate surface area is 160 Å². The first-order chi connectivity index (χ1) is 12.7. The van der Waals surface area contributed by atoms with Crippen LogP contribution >= 0.6 is 11.3 Å². The molecule has 1 aliphatic rings. The number of nitrogens with zero attached hydrogens (tertiary/aromatic N) is 2. The summed E-state index contributed by atoms with van der Waals surface area (Å²) in [5, 5.41) is 2.08. The second kappa shape index (κ2) is 9.08. The molecule has 1 amide bonds. The number of methoxy groups -OCH3 is 1. The second-order valence-corrected chi connectivity index (χ2v) is 7.81. The molecule has 2 heterocycles. The highest BCUT2D eigenvalue weighted by Crippen LogP contribution is 2.24. The summed E-state index contributed by atoms with van der Waals surface area (Å²) in [5.41, 5.74) is 1.05. The molecule has 3 rings (SSSR count). The highest BCUT2D eigenvalue weighted by atomic mass is 32.1. The zero-order valence-corrected chi connectivity index (χ0v) is 16.5. The SMILES string of the molecule is CCC1CCCCN1C(=O)CN(Cc1cccs1)c1ccc(OC)cc1. The predicted molar refractivity (Wildman–Crippen MR) is 108 cm³/mol. The number of rotatable bonds is 7. The van der Waals surface area contributed by atoms with Gasteiger partial charge in [0.2, 0.25) is 5.91 Å². The molecule has 0 bridgehead atoms. The molecule has 0 saturated carbocycles. The summed E-state index contributed by atoms with van der Waals surface area (Å²) in [6, 6.07) is 12.6. The third-order valence-corrected chi connectivity index (χ3v) is 5.97. The lowest BCUT2D eigenvalue weighted by Crippen LogP contribution is -2.47. The Bertz CT molecular complexity index is 685. The monoisotopic (exact) mass is 372 g/mol. The fourth-order valence-corrected chi connectivity index (χ4v) is 4.35. The van der Waals surface area contributed by atoms with Gasteiger partial charge >= 0.3 is 0 Å². The van der Waals surface area contributed by atoms with Crippen LogP contribution in [0.2, 0.25) is 0 Å². The Kier molecular flexibility index (Phi) is 6.56. The molecule has 140 valence electrons. The van der Waals surface area contributed by atoms with Crippen molar-refractivity contribution >= 4 is 22.9 Å². The molecule has 0 radical (unpaired) electrons. The van der Waals surface area contributed by atoms with E-state index in [2.05, 4.69) is 34.2 Å². The van der Waals surface area contributed by atoms with E-state index in [0.29, 0.717) is 12.6 Å². The quantitative estimate of drug-likeness (QED) is 0.714. The zero-order valence-electron chi connectivity index (χ0n) is 15.7. The van der Waals surface area contributed by atoms with Crippen LogP contribution in [0.15, 0.2) is 41.8 Å². The molecule has 1 aromatic heterocycles. The van der Waals surface area contributed by atoms with Crippen molar-refractivity contribution in [2.75, 3.05) is 25.1 Å². The fourth-order valence-electron chi connectivity index (χ4n) is 3.63. The van der Waals surface area contributed by atoms with E-state index in [-0.39, 0.29) is 5.91 Å². The van der Waals surface area contributed by atoms with Gasteiger partial charge in [-0.05, 0) is 61.4 Å². The molecule has 5 heteroatoms. The van der Waals surface area contributed by atoms with Crippen LogP contribution in [0, 0.1) is 0 Å². The lowest BCUT2D eigenvalue weighted by Gasteiger charge is -2.37. The molecular weight excluding hydrogens is 344 g/mol. The van der Waals surface area contributed by atoms with Gasteiger partial charge in [-0.2, -0.15) is 0 Å². The van der Waals surface area contributed by atoms with E-state index in [1.807, 2.05) is 24.3 Å². The normalized spacial score (nSPS) is 17.2. The van der Waals surface area contributed by atoms with E-state index < -0.39 is 0 Å². The number of carbonyl (C=O) groups is 1. The van der Waals surface area contributed by atoms with Crippen molar-refractivity contribution in [1.29, 1.82) is 0 Å². The topological polar surface area (TPSA) is 32.8 Å². The van der Waals surface area contributed by atoms with Crippen molar-refractivity contribution in [3.05, 3.63) is 46.7 Å². The van der Waals surface area contributed by atoms with E-state index >= 15 is 0 Å². The van der Waals surface area contributed by atoms with Crippen molar-refractivity contribution < 1.29 is 9.53 Å². The number of thiophene rings is 1. The molecule has 0 N–H and O–H groups in total. The molecule has 1 atom stereocenters. The average molecular weight is 373 g/mol. The molecule has 0 aliphatic carbocycles. The largest absolute Gasteiger partial charge is 0.497 e. The third-order valence-electron chi connectivity index (χ3n) is 5.11. The Morgan fingerprint density at radius 3 is 2.73 bits per heavy atom. The number of piperidine rings is 1. The summed E-state index contributed by atoms with van der Waals surface area (Å²) in [6.45, 7) is 4.25. The van der Waals surface area contributed by atoms with Crippen LogP contribution in [-0.4, -0.2) is 37.0 Å². The molecule has 1 saturated heterocycles. The van der Waals surface area contributed by atoms with Crippen molar-refractivity contribution in [3.8, 4) is 5.75 Å². The van der Waals surface area contributed by atoms with E-state index in [9.17, 15) is 4.79 Å². The van der Waals surface area contributed by atoms with Crippen molar-refractivity contribution in [1.82, 2.24) is 4.90 Å². The summed E-state index contributed by atoms with van der Waals surface area (Å²) in [6.07, 6.45) is 4.53. The second-order valence-electron chi connectivity index (χ2n) is 6.78.